The summed E-state index contributed by atoms with van der Waals surface area (Å²) in [6.45, 7) is 0.599. The Labute approximate surface area is 187 Å². The van der Waals surface area contributed by atoms with Gasteiger partial charge in [-0.2, -0.15) is 5.10 Å². The molecule has 0 radical (unpaired) electrons. The van der Waals surface area contributed by atoms with Crippen LogP contribution in [0.1, 0.15) is 40.9 Å². The second-order valence-electron chi connectivity index (χ2n) is 8.65. The van der Waals surface area contributed by atoms with Crippen LogP contribution in [0, 0.1) is 5.82 Å². The molecule has 1 N–H and O–H groups in total. The van der Waals surface area contributed by atoms with Gasteiger partial charge < -0.3 is 15.0 Å². The minimum absolute atomic E-state index is 0.0765. The standard InChI is InChI=1S/C22H20ClF2N5O2/c23-11-7-26-21-15-9-29(10-17(15)28-30(21)8-11)22(31)14-3-1-12(24)5-18(14)32-19-6-13-2-4-16(27-13)20(19)25/h1,3,5,7-8,13,16,19-20,27H,2,4,6,9-10H2. The van der Waals surface area contributed by atoms with Crippen LogP contribution < -0.4 is 10.1 Å². The molecule has 0 saturated carbocycles. The summed E-state index contributed by atoms with van der Waals surface area (Å²) >= 11 is 5.98. The van der Waals surface area contributed by atoms with Gasteiger partial charge in [-0.05, 0) is 25.0 Å². The molecule has 2 fully saturated rings. The van der Waals surface area contributed by atoms with Crippen molar-refractivity contribution in [1.82, 2.24) is 24.8 Å². The first-order chi connectivity index (χ1) is 15.5. The highest BCUT2D eigenvalue weighted by Crippen LogP contribution is 2.34. The smallest absolute Gasteiger partial charge is 0.258 e. The number of piperidine rings is 1. The molecule has 2 aromatic heterocycles. The number of halogens is 3. The number of nitrogens with one attached hydrogen (secondary N) is 1. The van der Waals surface area contributed by atoms with E-state index in [0.29, 0.717) is 23.6 Å². The van der Waals surface area contributed by atoms with Crippen LogP contribution in [0.25, 0.3) is 5.65 Å². The van der Waals surface area contributed by atoms with Gasteiger partial charge >= 0.3 is 0 Å². The molecule has 3 aliphatic heterocycles. The van der Waals surface area contributed by atoms with E-state index in [4.69, 9.17) is 16.3 Å². The Morgan fingerprint density at radius 2 is 2.16 bits per heavy atom. The van der Waals surface area contributed by atoms with Crippen molar-refractivity contribution in [3.63, 3.8) is 0 Å². The van der Waals surface area contributed by atoms with Gasteiger partial charge in [-0.3, -0.25) is 4.79 Å². The van der Waals surface area contributed by atoms with Crippen molar-refractivity contribution >= 4 is 23.2 Å². The number of hydrogen-bond acceptors (Lipinski definition) is 5. The van der Waals surface area contributed by atoms with Crippen molar-refractivity contribution in [1.29, 1.82) is 0 Å². The molecule has 3 aromatic rings. The highest BCUT2D eigenvalue weighted by atomic mass is 35.5. The summed E-state index contributed by atoms with van der Waals surface area (Å²) < 4.78 is 36.4. The minimum atomic E-state index is -1.21. The Bertz CT molecular complexity index is 1230. The topological polar surface area (TPSA) is 71.8 Å². The normalized spacial score (nSPS) is 26.5. The Balaban J connectivity index is 1.26. The van der Waals surface area contributed by atoms with Crippen LogP contribution >= 0.6 is 11.6 Å². The molecule has 6 rings (SSSR count). The van der Waals surface area contributed by atoms with E-state index in [1.165, 1.54) is 24.4 Å². The number of amides is 1. The van der Waals surface area contributed by atoms with E-state index < -0.39 is 18.1 Å². The Hall–Kier alpha value is -2.78. The molecular weight excluding hydrogens is 440 g/mol. The number of nitrogens with zero attached hydrogens (tertiary/aromatic N) is 4. The fourth-order valence-corrected chi connectivity index (χ4v) is 5.18. The zero-order valence-corrected chi connectivity index (χ0v) is 17.7. The molecule has 2 bridgehead atoms. The highest BCUT2D eigenvalue weighted by Gasteiger charge is 2.43. The maximum absolute atomic E-state index is 14.9. The average Bonchev–Trinajstić information content (AvgIpc) is 3.44. The Morgan fingerprint density at radius 3 is 3.03 bits per heavy atom. The number of aromatic nitrogens is 3. The Morgan fingerprint density at radius 1 is 1.28 bits per heavy atom. The molecule has 4 unspecified atom stereocenters. The number of carbonyl (C=O) groups excluding carboxylic acids is 1. The van der Waals surface area contributed by atoms with Crippen molar-refractivity contribution in [3.8, 4) is 5.75 Å². The van der Waals surface area contributed by atoms with Crippen molar-refractivity contribution in [2.24, 2.45) is 0 Å². The lowest BCUT2D eigenvalue weighted by Gasteiger charge is -2.33. The van der Waals surface area contributed by atoms with E-state index in [9.17, 15) is 13.6 Å². The number of rotatable bonds is 3. The maximum atomic E-state index is 14.9. The molecule has 3 aliphatic rings. The third-order valence-corrected chi connectivity index (χ3v) is 6.78. The summed E-state index contributed by atoms with van der Waals surface area (Å²) in [5, 5.41) is 8.19. The van der Waals surface area contributed by atoms with Gasteiger partial charge in [0.2, 0.25) is 0 Å². The van der Waals surface area contributed by atoms with Gasteiger partial charge in [0.25, 0.3) is 5.91 Å². The first-order valence-corrected chi connectivity index (χ1v) is 11.0. The van der Waals surface area contributed by atoms with Gasteiger partial charge in [-0.15, -0.1) is 0 Å². The number of hydrogen-bond donors (Lipinski definition) is 1. The summed E-state index contributed by atoms with van der Waals surface area (Å²) in [4.78, 5) is 19.3. The second-order valence-corrected chi connectivity index (χ2v) is 9.09. The quantitative estimate of drug-likeness (QED) is 0.650. The number of ether oxygens (including phenoxy) is 1. The van der Waals surface area contributed by atoms with Gasteiger partial charge in [0.1, 0.15) is 17.7 Å². The van der Waals surface area contributed by atoms with Crippen molar-refractivity contribution in [2.75, 3.05) is 0 Å². The molecule has 0 spiro atoms. The lowest BCUT2D eigenvalue weighted by Crippen LogP contribution is -2.51. The molecule has 1 amide bonds. The van der Waals surface area contributed by atoms with Gasteiger partial charge in [-0.1, -0.05) is 11.6 Å². The first kappa shape index (κ1) is 19.9. The van der Waals surface area contributed by atoms with Gasteiger partial charge in [-0.25, -0.2) is 18.3 Å². The van der Waals surface area contributed by atoms with Crippen LogP contribution in [0.3, 0.4) is 0 Å². The zero-order valence-electron chi connectivity index (χ0n) is 17.0. The molecule has 10 heteroatoms. The van der Waals surface area contributed by atoms with Gasteiger partial charge in [0, 0.05) is 36.3 Å². The summed E-state index contributed by atoms with van der Waals surface area (Å²) in [6.07, 6.45) is 3.43. The van der Waals surface area contributed by atoms with Crippen molar-refractivity contribution in [2.45, 2.75) is 56.7 Å². The monoisotopic (exact) mass is 459 g/mol. The van der Waals surface area contributed by atoms with Crippen LogP contribution in [0.15, 0.2) is 30.6 Å². The van der Waals surface area contributed by atoms with Crippen LogP contribution in [0.2, 0.25) is 5.02 Å². The third-order valence-electron chi connectivity index (χ3n) is 6.58. The fourth-order valence-electron chi connectivity index (χ4n) is 5.04. The molecule has 1 aromatic carbocycles. The summed E-state index contributed by atoms with van der Waals surface area (Å²) in [6, 6.07) is 3.72. The predicted molar refractivity (Wildman–Crippen MR) is 112 cm³/mol. The molecule has 5 heterocycles. The summed E-state index contributed by atoms with van der Waals surface area (Å²) in [7, 11) is 0. The third kappa shape index (κ3) is 3.22. The van der Waals surface area contributed by atoms with Crippen molar-refractivity contribution < 1.29 is 18.3 Å². The molecule has 4 atom stereocenters. The number of benzene rings is 1. The molecular formula is C22H20ClF2N5O2. The van der Waals surface area contributed by atoms with Crippen LogP contribution in [-0.2, 0) is 13.1 Å². The second kappa shape index (κ2) is 7.38. The van der Waals surface area contributed by atoms with E-state index in [1.807, 2.05) is 0 Å². The summed E-state index contributed by atoms with van der Waals surface area (Å²) in [5.74, 6) is -0.780. The highest BCUT2D eigenvalue weighted by molar-refractivity contribution is 6.30. The van der Waals surface area contributed by atoms with E-state index in [2.05, 4.69) is 15.4 Å². The van der Waals surface area contributed by atoms with Gasteiger partial charge in [0.15, 0.2) is 11.8 Å². The van der Waals surface area contributed by atoms with E-state index >= 15 is 0 Å². The average molecular weight is 460 g/mol. The zero-order chi connectivity index (χ0) is 22.0. The van der Waals surface area contributed by atoms with E-state index in [-0.39, 0.29) is 35.8 Å². The maximum Gasteiger partial charge on any atom is 0.258 e. The summed E-state index contributed by atoms with van der Waals surface area (Å²) in [5.41, 5.74) is 2.43. The number of alkyl halides is 1. The van der Waals surface area contributed by atoms with E-state index in [1.54, 1.807) is 15.6 Å². The molecule has 0 aliphatic carbocycles. The molecule has 7 nitrogen and oxygen atoms in total. The van der Waals surface area contributed by atoms with Crippen LogP contribution in [-0.4, -0.2) is 49.8 Å². The lowest BCUT2D eigenvalue weighted by molar-refractivity contribution is 0.0439. The number of fused-ring (bicyclic) bond motifs is 5. The predicted octanol–water partition coefficient (Wildman–Crippen LogP) is 3.29. The molecule has 32 heavy (non-hydrogen) atoms. The minimum Gasteiger partial charge on any atom is -0.486 e. The molecule has 2 saturated heterocycles. The number of carbonyl (C=O) groups is 1. The van der Waals surface area contributed by atoms with Crippen molar-refractivity contribution in [3.05, 3.63) is 58.3 Å². The molecule has 166 valence electrons. The Kier molecular flexibility index (Phi) is 4.58. The van der Waals surface area contributed by atoms with Crippen LogP contribution in [0.5, 0.6) is 5.75 Å². The lowest BCUT2D eigenvalue weighted by atomic mass is 10.00. The largest absolute Gasteiger partial charge is 0.486 e. The van der Waals surface area contributed by atoms with Gasteiger partial charge in [0.05, 0.1) is 35.6 Å². The van der Waals surface area contributed by atoms with E-state index in [0.717, 1.165) is 24.1 Å². The van der Waals surface area contributed by atoms with Crippen LogP contribution in [0.4, 0.5) is 8.78 Å². The fraction of sp³-hybridized carbons (Fsp3) is 0.409. The SMILES string of the molecule is O=C(c1ccc(F)cc1OC1CC2CCC(N2)C1F)N1Cc2nn3cc(Cl)cnc3c2C1. The first-order valence-electron chi connectivity index (χ1n) is 10.6.